The number of hydrogen-bond acceptors (Lipinski definition) is 4. The molecule has 6 heteroatoms. The smallest absolute Gasteiger partial charge is 0.335 e. The van der Waals surface area contributed by atoms with Crippen molar-refractivity contribution in [2.75, 3.05) is 12.8 Å². The number of aromatic amines is 1. The molecule has 0 bridgehead atoms. The maximum Gasteiger partial charge on any atom is 0.335 e. The Kier molecular flexibility index (Phi) is 2.70. The van der Waals surface area contributed by atoms with Crippen LogP contribution in [-0.4, -0.2) is 28.4 Å². The summed E-state index contributed by atoms with van der Waals surface area (Å²) in [7, 11) is 1.47. The molecule has 0 aliphatic rings. The van der Waals surface area contributed by atoms with Crippen LogP contribution in [0.2, 0.25) is 0 Å². The molecule has 1 aromatic heterocycles. The molecule has 0 spiro atoms. The van der Waals surface area contributed by atoms with E-state index in [0.29, 0.717) is 22.8 Å². The fourth-order valence-corrected chi connectivity index (χ4v) is 1.57. The number of hydrogen-bond donors (Lipinski definition) is 3. The predicted molar refractivity (Wildman–Crippen MR) is 61.9 cm³/mol. The quantitative estimate of drug-likeness (QED) is 0.743. The number of benzene rings is 1. The van der Waals surface area contributed by atoms with Gasteiger partial charge in [0, 0.05) is 0 Å². The van der Waals surface area contributed by atoms with Gasteiger partial charge in [0.1, 0.15) is 5.82 Å². The largest absolute Gasteiger partial charge is 0.479 e. The van der Waals surface area contributed by atoms with E-state index in [2.05, 4.69) is 10.2 Å². The third-order valence-corrected chi connectivity index (χ3v) is 2.35. The highest BCUT2D eigenvalue weighted by molar-refractivity contribution is 5.90. The van der Waals surface area contributed by atoms with Crippen molar-refractivity contribution < 1.29 is 14.6 Å². The fraction of sp³-hybridized carbons (Fsp3) is 0.0909. The van der Waals surface area contributed by atoms with Crippen LogP contribution in [0, 0.1) is 0 Å². The number of nitrogens with two attached hydrogens (primary N) is 1. The highest BCUT2D eigenvalue weighted by Crippen LogP contribution is 2.33. The molecule has 2 rings (SSSR count). The number of ether oxygens (including phenoxy) is 1. The Bertz CT molecular complexity index is 563. The summed E-state index contributed by atoms with van der Waals surface area (Å²) in [4.78, 5) is 10.9. The number of methoxy groups -OCH3 is 1. The molecule has 0 aliphatic heterocycles. The van der Waals surface area contributed by atoms with Crippen molar-refractivity contribution in [1.29, 1.82) is 0 Å². The molecule has 1 heterocycles. The van der Waals surface area contributed by atoms with E-state index < -0.39 is 5.97 Å². The van der Waals surface area contributed by atoms with Crippen molar-refractivity contribution in [3.8, 4) is 17.0 Å². The van der Waals surface area contributed by atoms with Crippen molar-refractivity contribution in [3.63, 3.8) is 0 Å². The molecule has 0 amide bonds. The monoisotopic (exact) mass is 233 g/mol. The number of aromatic nitrogens is 2. The molecule has 0 saturated heterocycles. The Balaban J connectivity index is 2.56. The summed E-state index contributed by atoms with van der Waals surface area (Å²) in [6.07, 6.45) is 0. The number of nitrogen functional groups attached to an aromatic ring is 1. The molecule has 2 aromatic rings. The van der Waals surface area contributed by atoms with Gasteiger partial charge in [0.25, 0.3) is 0 Å². The first-order valence-corrected chi connectivity index (χ1v) is 4.85. The molecular formula is C11H11N3O3. The fourth-order valence-electron chi connectivity index (χ4n) is 1.57. The van der Waals surface area contributed by atoms with Gasteiger partial charge in [-0.25, -0.2) is 4.79 Å². The van der Waals surface area contributed by atoms with Crippen LogP contribution in [0.15, 0.2) is 24.3 Å². The molecule has 6 nitrogen and oxygen atoms in total. The number of nitrogens with zero attached hydrogens (tertiary/aromatic N) is 1. The van der Waals surface area contributed by atoms with E-state index in [1.165, 1.54) is 19.2 Å². The lowest BCUT2D eigenvalue weighted by molar-refractivity contribution is 0.0697. The zero-order valence-electron chi connectivity index (χ0n) is 9.10. The van der Waals surface area contributed by atoms with E-state index in [9.17, 15) is 4.79 Å². The van der Waals surface area contributed by atoms with Gasteiger partial charge in [-0.1, -0.05) is 12.1 Å². The summed E-state index contributed by atoms with van der Waals surface area (Å²) >= 11 is 0. The number of H-pyrrole nitrogens is 1. The number of carboxylic acids is 1. The Morgan fingerprint density at radius 1 is 1.53 bits per heavy atom. The first-order valence-electron chi connectivity index (χ1n) is 4.85. The molecule has 4 N–H and O–H groups in total. The Morgan fingerprint density at radius 2 is 2.29 bits per heavy atom. The molecule has 0 unspecified atom stereocenters. The topological polar surface area (TPSA) is 101 Å². The Hall–Kier alpha value is -2.50. The van der Waals surface area contributed by atoms with E-state index in [-0.39, 0.29) is 5.56 Å². The third kappa shape index (κ3) is 1.92. The third-order valence-electron chi connectivity index (χ3n) is 2.35. The van der Waals surface area contributed by atoms with Crippen LogP contribution >= 0.6 is 0 Å². The predicted octanol–water partition coefficient (Wildman–Crippen LogP) is 1.37. The number of rotatable bonds is 3. The van der Waals surface area contributed by atoms with Gasteiger partial charge in [-0.15, -0.1) is 5.10 Å². The summed E-state index contributed by atoms with van der Waals surface area (Å²) in [6.45, 7) is 0. The van der Waals surface area contributed by atoms with E-state index in [1.807, 2.05) is 0 Å². The maximum absolute atomic E-state index is 10.9. The zero-order valence-corrected chi connectivity index (χ0v) is 9.10. The molecule has 0 saturated carbocycles. The molecule has 0 radical (unpaired) electrons. The maximum atomic E-state index is 10.9. The van der Waals surface area contributed by atoms with Crippen LogP contribution in [-0.2, 0) is 0 Å². The zero-order chi connectivity index (χ0) is 12.4. The standard InChI is InChI=1S/C11H11N3O3/c1-17-10-8(9(12)13-14-10)6-3-2-4-7(5-6)11(15)16/h2-5H,1H3,(H,15,16)(H3,12,13,14). The summed E-state index contributed by atoms with van der Waals surface area (Å²) < 4.78 is 5.05. The van der Waals surface area contributed by atoms with Crippen LogP contribution in [0.3, 0.4) is 0 Å². The van der Waals surface area contributed by atoms with Gasteiger partial charge in [-0.3, -0.25) is 5.10 Å². The van der Waals surface area contributed by atoms with Gasteiger partial charge in [-0.05, 0) is 17.7 Å². The van der Waals surface area contributed by atoms with Gasteiger partial charge >= 0.3 is 5.97 Å². The van der Waals surface area contributed by atoms with Crippen molar-refractivity contribution >= 4 is 11.8 Å². The summed E-state index contributed by atoms with van der Waals surface area (Å²) in [5, 5.41) is 15.4. The van der Waals surface area contributed by atoms with Crippen LogP contribution in [0.5, 0.6) is 5.88 Å². The minimum atomic E-state index is -0.993. The van der Waals surface area contributed by atoms with E-state index in [4.69, 9.17) is 15.6 Å². The lowest BCUT2D eigenvalue weighted by Gasteiger charge is -2.03. The van der Waals surface area contributed by atoms with Crippen LogP contribution in [0.1, 0.15) is 10.4 Å². The highest BCUT2D eigenvalue weighted by Gasteiger charge is 2.15. The first kappa shape index (κ1) is 11.0. The minimum Gasteiger partial charge on any atom is -0.479 e. The van der Waals surface area contributed by atoms with Gasteiger partial charge in [0.15, 0.2) is 0 Å². The summed E-state index contributed by atoms with van der Waals surface area (Å²) in [5.41, 5.74) is 7.13. The molecule has 1 aromatic carbocycles. The second-order valence-corrected chi connectivity index (χ2v) is 3.41. The molecule has 88 valence electrons. The number of carbonyl (C=O) groups is 1. The van der Waals surface area contributed by atoms with Gasteiger partial charge in [0.05, 0.1) is 18.2 Å². The van der Waals surface area contributed by atoms with Crippen molar-refractivity contribution in [1.82, 2.24) is 10.2 Å². The SMILES string of the molecule is COc1n[nH]c(N)c1-c1cccc(C(=O)O)c1. The average molecular weight is 233 g/mol. The van der Waals surface area contributed by atoms with E-state index in [0.717, 1.165) is 0 Å². The van der Waals surface area contributed by atoms with Gasteiger partial charge in [0.2, 0.25) is 5.88 Å². The van der Waals surface area contributed by atoms with Crippen LogP contribution in [0.4, 0.5) is 5.82 Å². The second-order valence-electron chi connectivity index (χ2n) is 3.41. The average Bonchev–Trinajstić information content (AvgIpc) is 2.70. The van der Waals surface area contributed by atoms with Gasteiger partial charge in [-0.2, -0.15) is 0 Å². The summed E-state index contributed by atoms with van der Waals surface area (Å²) in [6, 6.07) is 6.42. The minimum absolute atomic E-state index is 0.185. The lowest BCUT2D eigenvalue weighted by atomic mass is 10.1. The summed E-state index contributed by atoms with van der Waals surface area (Å²) in [5.74, 6) is -0.317. The number of nitrogens with one attached hydrogen (secondary N) is 1. The number of anilines is 1. The highest BCUT2D eigenvalue weighted by atomic mass is 16.5. The molecule has 0 fully saturated rings. The lowest BCUT2D eigenvalue weighted by Crippen LogP contribution is -1.97. The van der Waals surface area contributed by atoms with Crippen LogP contribution < -0.4 is 10.5 Å². The van der Waals surface area contributed by atoms with Gasteiger partial charge < -0.3 is 15.6 Å². The second kappa shape index (κ2) is 4.17. The van der Waals surface area contributed by atoms with E-state index in [1.54, 1.807) is 12.1 Å². The Morgan fingerprint density at radius 3 is 2.94 bits per heavy atom. The van der Waals surface area contributed by atoms with E-state index >= 15 is 0 Å². The molecular weight excluding hydrogens is 222 g/mol. The molecule has 0 aliphatic carbocycles. The number of carboxylic acid groups (broad SMARTS) is 1. The molecule has 17 heavy (non-hydrogen) atoms. The Labute approximate surface area is 97.0 Å². The van der Waals surface area contributed by atoms with Crippen molar-refractivity contribution in [3.05, 3.63) is 29.8 Å². The normalized spacial score (nSPS) is 10.2. The first-order chi connectivity index (χ1) is 8.13. The van der Waals surface area contributed by atoms with Crippen molar-refractivity contribution in [2.24, 2.45) is 0 Å². The molecule has 0 atom stereocenters. The van der Waals surface area contributed by atoms with Crippen molar-refractivity contribution in [2.45, 2.75) is 0 Å². The van der Waals surface area contributed by atoms with Crippen LogP contribution in [0.25, 0.3) is 11.1 Å². The number of aromatic carboxylic acids is 1.